The molecule has 0 saturated heterocycles. The summed E-state index contributed by atoms with van der Waals surface area (Å²) in [4.78, 5) is 10.5. The molecule has 2 heterocycles. The van der Waals surface area contributed by atoms with Crippen LogP contribution in [0, 0.1) is 12.4 Å². The highest BCUT2D eigenvalue weighted by atomic mass is 14.9. The van der Waals surface area contributed by atoms with Gasteiger partial charge in [-0.3, -0.25) is 0 Å². The first-order valence-corrected chi connectivity index (χ1v) is 2.55. The van der Waals surface area contributed by atoms with Gasteiger partial charge in [-0.05, 0) is 6.07 Å². The topological polar surface area (TPSA) is 41.6 Å². The van der Waals surface area contributed by atoms with Crippen molar-refractivity contribution in [2.24, 2.45) is 0 Å². The number of pyridine rings is 1. The number of aromatic nitrogens is 3. The Kier molecular flexibility index (Phi) is 0.773. The van der Waals surface area contributed by atoms with Crippen LogP contribution in [0.25, 0.3) is 11.2 Å². The monoisotopic (exact) mass is 117 g/mol. The summed E-state index contributed by atoms with van der Waals surface area (Å²) in [6, 6.07) is 4.65. The summed E-state index contributed by atoms with van der Waals surface area (Å²) in [5, 5.41) is 0. The lowest BCUT2D eigenvalue weighted by atomic mass is 10.4. The van der Waals surface area contributed by atoms with E-state index in [0.717, 1.165) is 5.52 Å². The molecule has 3 heteroatoms. The van der Waals surface area contributed by atoms with Crippen LogP contribution in [-0.2, 0) is 0 Å². The zero-order valence-electron chi connectivity index (χ0n) is 4.55. The molecule has 0 atom stereocenters. The third-order valence-electron chi connectivity index (χ3n) is 1.07. The molecule has 1 N–H and O–H groups in total. The number of hydrogen-bond donors (Lipinski definition) is 1. The summed E-state index contributed by atoms with van der Waals surface area (Å²) in [6.07, 6.45) is 4.22. The third-order valence-corrected chi connectivity index (χ3v) is 1.07. The van der Waals surface area contributed by atoms with E-state index >= 15 is 0 Å². The molecule has 0 bridgehead atoms. The van der Waals surface area contributed by atoms with Crippen molar-refractivity contribution < 1.29 is 0 Å². The number of H-pyrrole nitrogens is 1. The fraction of sp³-hybridized carbons (Fsp3) is 0. The van der Waals surface area contributed by atoms with Gasteiger partial charge in [0.25, 0.3) is 0 Å². The Morgan fingerprint density at radius 1 is 1.56 bits per heavy atom. The van der Waals surface area contributed by atoms with Gasteiger partial charge in [0, 0.05) is 12.3 Å². The molecule has 2 radical (unpaired) electrons. The van der Waals surface area contributed by atoms with Crippen LogP contribution in [0.4, 0.5) is 0 Å². The Labute approximate surface area is 51.8 Å². The molecule has 0 amide bonds. The summed E-state index contributed by atoms with van der Waals surface area (Å²) in [5.74, 6) is 0. The first-order chi connectivity index (χ1) is 4.47. The molecule has 0 unspecified atom stereocenters. The maximum Gasteiger partial charge on any atom is 0.178 e. The van der Waals surface area contributed by atoms with Crippen molar-refractivity contribution >= 4 is 11.2 Å². The van der Waals surface area contributed by atoms with Gasteiger partial charge in [0.1, 0.15) is 0 Å². The molecule has 3 nitrogen and oxygen atoms in total. The normalized spacial score (nSPS) is 10.2. The fourth-order valence-corrected chi connectivity index (χ4v) is 0.671. The van der Waals surface area contributed by atoms with Crippen molar-refractivity contribution in [3.8, 4) is 0 Å². The predicted octanol–water partition coefficient (Wildman–Crippen LogP) is 0.558. The highest BCUT2D eigenvalue weighted by molar-refractivity contribution is 5.67. The summed E-state index contributed by atoms with van der Waals surface area (Å²) >= 11 is 0. The summed E-state index contributed by atoms with van der Waals surface area (Å²) in [6.45, 7) is 0. The lowest BCUT2D eigenvalue weighted by molar-refractivity contribution is 1.29. The summed E-state index contributed by atoms with van der Waals surface area (Å²) in [5.41, 5.74) is 1.47. The number of hydrogen-bond acceptors (Lipinski definition) is 2. The maximum atomic E-state index is 3.94. The van der Waals surface area contributed by atoms with Gasteiger partial charge in [0.2, 0.25) is 0 Å². The van der Waals surface area contributed by atoms with Crippen LogP contribution in [0.3, 0.4) is 0 Å². The van der Waals surface area contributed by atoms with E-state index in [1.165, 1.54) is 0 Å². The van der Waals surface area contributed by atoms with Crippen molar-refractivity contribution in [1.29, 1.82) is 0 Å². The molecule has 0 aliphatic heterocycles. The Balaban J connectivity index is 2.95. The van der Waals surface area contributed by atoms with E-state index in [0.29, 0.717) is 5.65 Å². The van der Waals surface area contributed by atoms with E-state index < -0.39 is 0 Å². The van der Waals surface area contributed by atoms with Crippen LogP contribution >= 0.6 is 0 Å². The van der Waals surface area contributed by atoms with E-state index in [2.05, 4.69) is 27.3 Å². The zero-order valence-corrected chi connectivity index (χ0v) is 4.55. The lowest BCUT2D eigenvalue weighted by Gasteiger charge is -1.79. The Morgan fingerprint density at radius 3 is 3.44 bits per heavy atom. The quantitative estimate of drug-likeness (QED) is 0.547. The van der Waals surface area contributed by atoms with Gasteiger partial charge >= 0.3 is 0 Å². The van der Waals surface area contributed by atoms with Crippen LogP contribution in [0.15, 0.2) is 12.3 Å². The Morgan fingerprint density at radius 2 is 2.56 bits per heavy atom. The van der Waals surface area contributed by atoms with E-state index in [9.17, 15) is 0 Å². The maximum absolute atomic E-state index is 3.94. The Hall–Kier alpha value is -1.38. The average molecular weight is 117 g/mol. The van der Waals surface area contributed by atoms with E-state index in [4.69, 9.17) is 0 Å². The lowest BCUT2D eigenvalue weighted by Crippen LogP contribution is -1.72. The minimum absolute atomic E-state index is 0.664. The van der Waals surface area contributed by atoms with Crippen molar-refractivity contribution in [1.82, 2.24) is 15.0 Å². The fourth-order valence-electron chi connectivity index (χ4n) is 0.671. The second kappa shape index (κ2) is 1.55. The van der Waals surface area contributed by atoms with Gasteiger partial charge in [0.15, 0.2) is 12.0 Å². The van der Waals surface area contributed by atoms with Gasteiger partial charge in [-0.25, -0.2) is 9.97 Å². The van der Waals surface area contributed by atoms with Crippen LogP contribution in [0.5, 0.6) is 0 Å². The first-order valence-electron chi connectivity index (χ1n) is 2.55. The van der Waals surface area contributed by atoms with Crippen LogP contribution in [0.1, 0.15) is 0 Å². The molecule has 0 aliphatic rings. The molecule has 0 saturated carbocycles. The van der Waals surface area contributed by atoms with Crippen molar-refractivity contribution in [2.75, 3.05) is 0 Å². The second-order valence-electron chi connectivity index (χ2n) is 1.64. The zero-order chi connectivity index (χ0) is 6.10. The van der Waals surface area contributed by atoms with Crippen molar-refractivity contribution in [3.63, 3.8) is 0 Å². The minimum atomic E-state index is 0.664. The molecule has 42 valence electrons. The number of fused-ring (bicyclic) bond motifs is 1. The first kappa shape index (κ1) is 4.49. The van der Waals surface area contributed by atoms with Gasteiger partial charge in [0.05, 0.1) is 5.52 Å². The van der Waals surface area contributed by atoms with Gasteiger partial charge < -0.3 is 4.98 Å². The van der Waals surface area contributed by atoms with Crippen LogP contribution < -0.4 is 0 Å². The number of nitrogens with one attached hydrogen (secondary N) is 1. The van der Waals surface area contributed by atoms with Gasteiger partial charge in [-0.1, -0.05) is 0 Å². The number of rotatable bonds is 0. The average Bonchev–Trinajstić information content (AvgIpc) is 2.33. The summed E-state index contributed by atoms with van der Waals surface area (Å²) in [7, 11) is 0. The molecule has 0 aromatic carbocycles. The Bertz CT molecular complexity index is 282. The predicted molar refractivity (Wildman–Crippen MR) is 31.6 cm³/mol. The number of nitrogens with zero attached hydrogens (tertiary/aromatic N) is 2. The highest BCUT2D eigenvalue weighted by Gasteiger charge is 1.91. The second-order valence-corrected chi connectivity index (χ2v) is 1.64. The SMILES string of the molecule is [c]1nc2ncc[c]c2[nH]1. The molecular formula is C6H3N3. The van der Waals surface area contributed by atoms with E-state index in [-0.39, 0.29) is 0 Å². The minimum Gasteiger partial charge on any atom is -0.333 e. The van der Waals surface area contributed by atoms with Crippen LogP contribution in [0.2, 0.25) is 0 Å². The summed E-state index contributed by atoms with van der Waals surface area (Å²) < 4.78 is 0. The van der Waals surface area contributed by atoms with Crippen molar-refractivity contribution in [2.45, 2.75) is 0 Å². The molecular weight excluding hydrogens is 114 g/mol. The van der Waals surface area contributed by atoms with Crippen LogP contribution in [-0.4, -0.2) is 15.0 Å². The largest absolute Gasteiger partial charge is 0.333 e. The number of imidazole rings is 1. The molecule has 0 spiro atoms. The molecule has 9 heavy (non-hydrogen) atoms. The standard InChI is InChI=1S/C6H3N3/c1-2-5-6(7-3-1)9-4-8-5/h1,3H,(H,7,8,9). The van der Waals surface area contributed by atoms with Crippen molar-refractivity contribution in [3.05, 3.63) is 24.7 Å². The molecule has 2 aromatic rings. The molecule has 2 aromatic heterocycles. The number of aromatic amines is 1. The third kappa shape index (κ3) is 0.579. The smallest absolute Gasteiger partial charge is 0.178 e. The van der Waals surface area contributed by atoms with E-state index in [1.807, 2.05) is 0 Å². The highest BCUT2D eigenvalue weighted by Crippen LogP contribution is 2.00. The van der Waals surface area contributed by atoms with E-state index in [1.54, 1.807) is 12.3 Å². The molecule has 2 rings (SSSR count). The molecule has 0 aliphatic carbocycles. The molecule has 0 fully saturated rings. The van der Waals surface area contributed by atoms with Gasteiger partial charge in [-0.2, -0.15) is 0 Å². The van der Waals surface area contributed by atoms with Gasteiger partial charge in [-0.15, -0.1) is 0 Å².